The van der Waals surface area contributed by atoms with Gasteiger partial charge in [0.25, 0.3) is 0 Å². The zero-order chi connectivity index (χ0) is 9.14. The maximum absolute atomic E-state index is 9.18. The van der Waals surface area contributed by atoms with E-state index in [2.05, 4.69) is 0 Å². The first kappa shape index (κ1) is 9.56. The normalized spacial score (nSPS) is 13.0. The molecule has 66 valence electrons. The molecule has 0 amide bonds. The van der Waals surface area contributed by atoms with Gasteiger partial charge in [-0.15, -0.1) is 0 Å². The molecule has 0 aliphatic rings. The van der Waals surface area contributed by atoms with E-state index in [0.29, 0.717) is 6.42 Å². The smallest absolute Gasteiger partial charge is 0.0552 e. The molecule has 0 aliphatic heterocycles. The average Bonchev–Trinajstić information content (AvgIpc) is 1.98. The number of hydrogen-bond donors (Lipinski definition) is 1. The van der Waals surface area contributed by atoms with Crippen molar-refractivity contribution in [1.82, 2.24) is 0 Å². The van der Waals surface area contributed by atoms with Crippen LogP contribution < -0.4 is 0 Å². The Balaban J connectivity index is 2.92. The van der Waals surface area contributed by atoms with Gasteiger partial charge in [-0.1, -0.05) is 23.7 Å². The Bertz CT molecular complexity index is 269. The Morgan fingerprint density at radius 3 is 2.75 bits per heavy atom. The largest absolute Gasteiger partial charge is 0.393 e. The lowest BCUT2D eigenvalue weighted by molar-refractivity contribution is 0.195. The Morgan fingerprint density at radius 2 is 2.17 bits per heavy atom. The summed E-state index contributed by atoms with van der Waals surface area (Å²) in [5.74, 6) is 0. The quantitative estimate of drug-likeness (QED) is 0.749. The molecule has 1 N–H and O–H groups in total. The lowest BCUT2D eigenvalue weighted by Crippen LogP contribution is -2.05. The van der Waals surface area contributed by atoms with Crippen LogP contribution in [0.2, 0.25) is 5.02 Å². The number of benzene rings is 1. The van der Waals surface area contributed by atoms with Crippen LogP contribution in [0.15, 0.2) is 18.2 Å². The van der Waals surface area contributed by atoms with Crippen molar-refractivity contribution in [2.75, 3.05) is 0 Å². The molecule has 0 aromatic heterocycles. The van der Waals surface area contributed by atoms with Crippen LogP contribution in [0.3, 0.4) is 0 Å². The standard InChI is InChI=1S/C10H13ClO/c1-7(12)6-9-4-3-5-10(11)8(9)2/h3-5,7,12H,6H2,1-2H3/t7-/m0/s1. The number of aliphatic hydroxyl groups excluding tert-OH is 1. The summed E-state index contributed by atoms with van der Waals surface area (Å²) in [5.41, 5.74) is 2.19. The zero-order valence-corrected chi connectivity index (χ0v) is 8.10. The fourth-order valence-corrected chi connectivity index (χ4v) is 1.39. The second kappa shape index (κ2) is 3.92. The van der Waals surface area contributed by atoms with Crippen molar-refractivity contribution < 1.29 is 5.11 Å². The van der Waals surface area contributed by atoms with Gasteiger partial charge in [0, 0.05) is 5.02 Å². The Labute approximate surface area is 78.0 Å². The molecule has 0 aliphatic carbocycles. The van der Waals surface area contributed by atoms with Gasteiger partial charge in [0.05, 0.1) is 6.10 Å². The summed E-state index contributed by atoms with van der Waals surface area (Å²) in [7, 11) is 0. The van der Waals surface area contributed by atoms with Crippen molar-refractivity contribution >= 4 is 11.6 Å². The summed E-state index contributed by atoms with van der Waals surface area (Å²) in [4.78, 5) is 0. The molecule has 12 heavy (non-hydrogen) atoms. The van der Waals surface area contributed by atoms with Gasteiger partial charge in [0.15, 0.2) is 0 Å². The van der Waals surface area contributed by atoms with E-state index in [1.165, 1.54) is 0 Å². The molecule has 0 saturated heterocycles. The lowest BCUT2D eigenvalue weighted by Gasteiger charge is -2.08. The highest BCUT2D eigenvalue weighted by molar-refractivity contribution is 6.31. The highest BCUT2D eigenvalue weighted by Gasteiger charge is 2.04. The molecule has 1 atom stereocenters. The van der Waals surface area contributed by atoms with Gasteiger partial charge in [0.2, 0.25) is 0 Å². The van der Waals surface area contributed by atoms with Gasteiger partial charge in [-0.3, -0.25) is 0 Å². The van der Waals surface area contributed by atoms with Crippen LogP contribution in [-0.2, 0) is 6.42 Å². The number of halogens is 1. The molecule has 0 heterocycles. The van der Waals surface area contributed by atoms with E-state index in [-0.39, 0.29) is 6.10 Å². The molecule has 1 nitrogen and oxygen atoms in total. The second-order valence-corrected chi connectivity index (χ2v) is 3.48. The monoisotopic (exact) mass is 184 g/mol. The molecule has 0 fully saturated rings. The van der Waals surface area contributed by atoms with E-state index < -0.39 is 0 Å². The van der Waals surface area contributed by atoms with Gasteiger partial charge < -0.3 is 5.11 Å². The van der Waals surface area contributed by atoms with Crippen LogP contribution in [-0.4, -0.2) is 11.2 Å². The van der Waals surface area contributed by atoms with Crippen LogP contribution in [0.4, 0.5) is 0 Å². The predicted molar refractivity (Wildman–Crippen MR) is 51.6 cm³/mol. The van der Waals surface area contributed by atoms with Crippen LogP contribution in [0.25, 0.3) is 0 Å². The second-order valence-electron chi connectivity index (χ2n) is 3.08. The van der Waals surface area contributed by atoms with Gasteiger partial charge in [-0.2, -0.15) is 0 Å². The van der Waals surface area contributed by atoms with E-state index in [0.717, 1.165) is 16.1 Å². The first-order valence-corrected chi connectivity index (χ1v) is 4.41. The zero-order valence-electron chi connectivity index (χ0n) is 7.34. The maximum atomic E-state index is 9.18. The maximum Gasteiger partial charge on any atom is 0.0552 e. The van der Waals surface area contributed by atoms with Crippen molar-refractivity contribution in [1.29, 1.82) is 0 Å². The number of rotatable bonds is 2. The van der Waals surface area contributed by atoms with Crippen LogP contribution in [0.1, 0.15) is 18.1 Å². The Morgan fingerprint density at radius 1 is 1.50 bits per heavy atom. The van der Waals surface area contributed by atoms with E-state index in [4.69, 9.17) is 11.6 Å². The minimum Gasteiger partial charge on any atom is -0.393 e. The lowest BCUT2D eigenvalue weighted by atomic mass is 10.0. The van der Waals surface area contributed by atoms with Crippen molar-refractivity contribution in [2.24, 2.45) is 0 Å². The Kier molecular flexibility index (Phi) is 3.12. The first-order chi connectivity index (χ1) is 5.61. The third kappa shape index (κ3) is 2.23. The fourth-order valence-electron chi connectivity index (χ4n) is 1.19. The molecule has 2 heteroatoms. The van der Waals surface area contributed by atoms with Crippen LogP contribution in [0.5, 0.6) is 0 Å². The van der Waals surface area contributed by atoms with Gasteiger partial charge in [-0.25, -0.2) is 0 Å². The summed E-state index contributed by atoms with van der Waals surface area (Å²) >= 11 is 5.92. The van der Waals surface area contributed by atoms with Crippen LogP contribution >= 0.6 is 11.6 Å². The predicted octanol–water partition coefficient (Wildman–Crippen LogP) is 2.57. The molecule has 1 aromatic carbocycles. The average molecular weight is 185 g/mol. The first-order valence-electron chi connectivity index (χ1n) is 4.03. The molecule has 0 unspecified atom stereocenters. The minimum absolute atomic E-state index is 0.304. The molecule has 1 rings (SSSR count). The fraction of sp³-hybridized carbons (Fsp3) is 0.400. The third-order valence-corrected chi connectivity index (χ3v) is 2.30. The summed E-state index contributed by atoms with van der Waals surface area (Å²) in [6.45, 7) is 3.75. The van der Waals surface area contributed by atoms with Gasteiger partial charge >= 0.3 is 0 Å². The summed E-state index contributed by atoms with van der Waals surface area (Å²) in [6, 6.07) is 5.77. The van der Waals surface area contributed by atoms with E-state index in [1.807, 2.05) is 25.1 Å². The molecule has 1 aromatic rings. The SMILES string of the molecule is Cc1c(Cl)cccc1C[C@H](C)O. The van der Waals surface area contributed by atoms with E-state index in [1.54, 1.807) is 6.92 Å². The molecule has 0 radical (unpaired) electrons. The van der Waals surface area contributed by atoms with Crippen molar-refractivity contribution in [3.63, 3.8) is 0 Å². The summed E-state index contributed by atoms with van der Waals surface area (Å²) < 4.78 is 0. The topological polar surface area (TPSA) is 20.2 Å². The van der Waals surface area contributed by atoms with E-state index in [9.17, 15) is 5.11 Å². The molecule has 0 bridgehead atoms. The molecule has 0 saturated carbocycles. The highest BCUT2D eigenvalue weighted by Crippen LogP contribution is 2.19. The van der Waals surface area contributed by atoms with Gasteiger partial charge in [0.1, 0.15) is 0 Å². The van der Waals surface area contributed by atoms with Gasteiger partial charge in [-0.05, 0) is 37.5 Å². The van der Waals surface area contributed by atoms with Crippen molar-refractivity contribution in [2.45, 2.75) is 26.4 Å². The number of hydrogen-bond acceptors (Lipinski definition) is 1. The molecular weight excluding hydrogens is 172 g/mol. The van der Waals surface area contributed by atoms with Crippen LogP contribution in [0, 0.1) is 6.92 Å². The third-order valence-electron chi connectivity index (χ3n) is 1.90. The van der Waals surface area contributed by atoms with Crippen molar-refractivity contribution in [3.8, 4) is 0 Å². The summed E-state index contributed by atoms with van der Waals surface area (Å²) in [5, 5.41) is 9.95. The minimum atomic E-state index is -0.304. The summed E-state index contributed by atoms with van der Waals surface area (Å²) in [6.07, 6.45) is 0.369. The Hall–Kier alpha value is -0.530. The highest BCUT2D eigenvalue weighted by atomic mass is 35.5. The van der Waals surface area contributed by atoms with E-state index >= 15 is 0 Å². The number of aliphatic hydroxyl groups is 1. The molecule has 0 spiro atoms. The molecular formula is C10H13ClO. The van der Waals surface area contributed by atoms with Crippen molar-refractivity contribution in [3.05, 3.63) is 34.3 Å².